The van der Waals surface area contributed by atoms with Crippen molar-refractivity contribution in [2.45, 2.75) is 13.8 Å². The van der Waals surface area contributed by atoms with E-state index in [-0.39, 0.29) is 11.8 Å². The van der Waals surface area contributed by atoms with Crippen molar-refractivity contribution in [2.24, 2.45) is 0 Å². The van der Waals surface area contributed by atoms with E-state index in [1.54, 1.807) is 24.3 Å². The molecule has 108 valence electrons. The molecule has 0 saturated carbocycles. The summed E-state index contributed by atoms with van der Waals surface area (Å²) in [5.74, 6) is -0.385. The molecule has 0 atom stereocenters. The van der Waals surface area contributed by atoms with Gasteiger partial charge in [0.25, 0.3) is 5.91 Å². The largest absolute Gasteiger partial charge is 0.326 e. The summed E-state index contributed by atoms with van der Waals surface area (Å²) in [6.07, 6.45) is 0. The van der Waals surface area contributed by atoms with E-state index >= 15 is 0 Å². The summed E-state index contributed by atoms with van der Waals surface area (Å²) in [5, 5.41) is 5.52. The van der Waals surface area contributed by atoms with Crippen LogP contribution in [0.2, 0.25) is 0 Å². The van der Waals surface area contributed by atoms with Crippen LogP contribution >= 0.6 is 15.9 Å². The van der Waals surface area contributed by atoms with Gasteiger partial charge in [0.05, 0.1) is 0 Å². The predicted molar refractivity (Wildman–Crippen MR) is 87.6 cm³/mol. The van der Waals surface area contributed by atoms with Gasteiger partial charge in [0, 0.05) is 28.3 Å². The highest BCUT2D eigenvalue weighted by molar-refractivity contribution is 9.10. The lowest BCUT2D eigenvalue weighted by Crippen LogP contribution is -2.13. The Morgan fingerprint density at radius 1 is 1.05 bits per heavy atom. The molecule has 5 heteroatoms. The zero-order valence-corrected chi connectivity index (χ0v) is 13.3. The summed E-state index contributed by atoms with van der Waals surface area (Å²) in [6, 6.07) is 12.5. The van der Waals surface area contributed by atoms with Gasteiger partial charge in [-0.15, -0.1) is 0 Å². The second-order valence-corrected chi connectivity index (χ2v) is 5.59. The number of carbonyl (C=O) groups is 2. The van der Waals surface area contributed by atoms with Crippen molar-refractivity contribution in [1.82, 2.24) is 0 Å². The van der Waals surface area contributed by atoms with Gasteiger partial charge >= 0.3 is 0 Å². The molecule has 4 nitrogen and oxygen atoms in total. The van der Waals surface area contributed by atoms with Gasteiger partial charge in [-0.05, 0) is 48.9 Å². The fraction of sp³-hybridized carbons (Fsp3) is 0.125. The molecular formula is C16H15BrN2O2. The molecule has 0 spiro atoms. The predicted octanol–water partition coefficient (Wildman–Crippen LogP) is 3.97. The van der Waals surface area contributed by atoms with Crippen LogP contribution in [0.15, 0.2) is 46.9 Å². The van der Waals surface area contributed by atoms with Gasteiger partial charge in [-0.2, -0.15) is 0 Å². The molecule has 0 heterocycles. The molecule has 2 aromatic rings. The number of carbonyl (C=O) groups excluding carboxylic acids is 2. The molecule has 0 aliphatic heterocycles. The maximum atomic E-state index is 12.3. The molecule has 0 radical (unpaired) electrons. The molecule has 0 aliphatic carbocycles. The Kier molecular flexibility index (Phi) is 4.75. The van der Waals surface area contributed by atoms with Crippen LogP contribution in [0.3, 0.4) is 0 Å². The minimum atomic E-state index is -0.215. The highest BCUT2D eigenvalue weighted by atomic mass is 79.9. The minimum absolute atomic E-state index is 0.170. The normalized spacial score (nSPS) is 10.0. The van der Waals surface area contributed by atoms with E-state index in [1.165, 1.54) is 6.92 Å². The van der Waals surface area contributed by atoms with Crippen molar-refractivity contribution in [3.05, 3.63) is 58.1 Å². The summed E-state index contributed by atoms with van der Waals surface area (Å²) in [7, 11) is 0. The van der Waals surface area contributed by atoms with Crippen LogP contribution in [0.4, 0.5) is 11.4 Å². The maximum absolute atomic E-state index is 12.3. The molecule has 2 amide bonds. The summed E-state index contributed by atoms with van der Waals surface area (Å²) >= 11 is 3.39. The first-order chi connectivity index (χ1) is 9.95. The Morgan fingerprint density at radius 2 is 1.81 bits per heavy atom. The van der Waals surface area contributed by atoms with Gasteiger partial charge in [0.1, 0.15) is 0 Å². The lowest BCUT2D eigenvalue weighted by atomic mass is 10.1. The number of aryl methyl sites for hydroxylation is 1. The molecule has 0 aromatic heterocycles. The summed E-state index contributed by atoms with van der Waals surface area (Å²) in [4.78, 5) is 23.3. The molecule has 2 aromatic carbocycles. The van der Waals surface area contributed by atoms with E-state index in [0.717, 1.165) is 15.7 Å². The monoisotopic (exact) mass is 346 g/mol. The SMILES string of the molecule is CC(=O)Nc1cccc(C(=O)Nc2ccc(Br)cc2C)c1. The number of halogens is 1. The van der Waals surface area contributed by atoms with Gasteiger partial charge < -0.3 is 10.6 Å². The van der Waals surface area contributed by atoms with Gasteiger partial charge in [-0.1, -0.05) is 22.0 Å². The fourth-order valence-electron chi connectivity index (χ4n) is 1.90. The van der Waals surface area contributed by atoms with Crippen LogP contribution in [-0.2, 0) is 4.79 Å². The molecular weight excluding hydrogens is 332 g/mol. The smallest absolute Gasteiger partial charge is 0.255 e. The first-order valence-corrected chi connectivity index (χ1v) is 7.20. The average molecular weight is 347 g/mol. The number of hydrogen-bond donors (Lipinski definition) is 2. The number of rotatable bonds is 3. The minimum Gasteiger partial charge on any atom is -0.326 e. The van der Waals surface area contributed by atoms with Crippen molar-refractivity contribution in [1.29, 1.82) is 0 Å². The fourth-order valence-corrected chi connectivity index (χ4v) is 2.38. The second-order valence-electron chi connectivity index (χ2n) is 4.68. The van der Waals surface area contributed by atoms with Crippen LogP contribution in [-0.4, -0.2) is 11.8 Å². The van der Waals surface area contributed by atoms with Gasteiger partial charge in [-0.25, -0.2) is 0 Å². The molecule has 2 N–H and O–H groups in total. The highest BCUT2D eigenvalue weighted by Gasteiger charge is 2.09. The topological polar surface area (TPSA) is 58.2 Å². The summed E-state index contributed by atoms with van der Waals surface area (Å²) in [6.45, 7) is 3.35. The number of benzene rings is 2. The summed E-state index contributed by atoms with van der Waals surface area (Å²) in [5.41, 5.74) is 2.81. The number of hydrogen-bond acceptors (Lipinski definition) is 2. The Morgan fingerprint density at radius 3 is 2.48 bits per heavy atom. The molecule has 2 rings (SSSR count). The van der Waals surface area contributed by atoms with E-state index < -0.39 is 0 Å². The standard InChI is InChI=1S/C16H15BrN2O2/c1-10-8-13(17)6-7-15(10)19-16(21)12-4-3-5-14(9-12)18-11(2)20/h3-9H,1-2H3,(H,18,20)(H,19,21). The molecule has 21 heavy (non-hydrogen) atoms. The Hall–Kier alpha value is -2.14. The highest BCUT2D eigenvalue weighted by Crippen LogP contribution is 2.21. The van der Waals surface area contributed by atoms with E-state index in [2.05, 4.69) is 26.6 Å². The lowest BCUT2D eigenvalue weighted by Gasteiger charge is -2.10. The van der Waals surface area contributed by atoms with Crippen LogP contribution in [0.5, 0.6) is 0 Å². The van der Waals surface area contributed by atoms with Crippen LogP contribution in [0, 0.1) is 6.92 Å². The van der Waals surface area contributed by atoms with Gasteiger partial charge in [0.2, 0.25) is 5.91 Å². The quantitative estimate of drug-likeness (QED) is 0.883. The Balaban J connectivity index is 2.18. The first-order valence-electron chi connectivity index (χ1n) is 6.41. The maximum Gasteiger partial charge on any atom is 0.255 e. The molecule has 0 fully saturated rings. The van der Waals surface area contributed by atoms with Gasteiger partial charge in [0.15, 0.2) is 0 Å². The van der Waals surface area contributed by atoms with E-state index in [9.17, 15) is 9.59 Å². The van der Waals surface area contributed by atoms with Crippen LogP contribution < -0.4 is 10.6 Å². The van der Waals surface area contributed by atoms with Crippen LogP contribution in [0.25, 0.3) is 0 Å². The van der Waals surface area contributed by atoms with Crippen molar-refractivity contribution < 1.29 is 9.59 Å². The Labute approximate surface area is 131 Å². The zero-order chi connectivity index (χ0) is 15.4. The molecule has 0 saturated heterocycles. The van der Waals surface area contributed by atoms with E-state index in [4.69, 9.17) is 0 Å². The Bertz CT molecular complexity index is 698. The average Bonchev–Trinajstić information content (AvgIpc) is 2.41. The third-order valence-electron chi connectivity index (χ3n) is 2.88. The van der Waals surface area contributed by atoms with Crippen molar-refractivity contribution in [3.8, 4) is 0 Å². The van der Waals surface area contributed by atoms with E-state index in [0.29, 0.717) is 11.3 Å². The van der Waals surface area contributed by atoms with Crippen LogP contribution in [0.1, 0.15) is 22.8 Å². The molecule has 0 aliphatic rings. The van der Waals surface area contributed by atoms with Crippen molar-refractivity contribution in [2.75, 3.05) is 10.6 Å². The third kappa shape index (κ3) is 4.16. The molecule has 0 bridgehead atoms. The number of anilines is 2. The molecule has 0 unspecified atom stereocenters. The van der Waals surface area contributed by atoms with Crippen molar-refractivity contribution in [3.63, 3.8) is 0 Å². The van der Waals surface area contributed by atoms with Crippen molar-refractivity contribution >= 4 is 39.1 Å². The first kappa shape index (κ1) is 15.3. The zero-order valence-electron chi connectivity index (χ0n) is 11.7. The van der Waals surface area contributed by atoms with E-state index in [1.807, 2.05) is 25.1 Å². The second kappa shape index (κ2) is 6.54. The number of amides is 2. The lowest BCUT2D eigenvalue weighted by molar-refractivity contribution is -0.114. The summed E-state index contributed by atoms with van der Waals surface area (Å²) < 4.78 is 0.964. The number of nitrogens with one attached hydrogen (secondary N) is 2. The van der Waals surface area contributed by atoms with Gasteiger partial charge in [-0.3, -0.25) is 9.59 Å². The third-order valence-corrected chi connectivity index (χ3v) is 3.38.